The van der Waals surface area contributed by atoms with Crippen LogP contribution >= 0.6 is 15.9 Å². The van der Waals surface area contributed by atoms with E-state index in [4.69, 9.17) is 0 Å². The lowest BCUT2D eigenvalue weighted by molar-refractivity contribution is 0.0644. The van der Waals surface area contributed by atoms with Crippen LogP contribution in [0.5, 0.6) is 0 Å². The molecule has 20 heavy (non-hydrogen) atoms. The number of hydrogen-bond acceptors (Lipinski definition) is 1. The molecule has 0 aliphatic heterocycles. The van der Waals surface area contributed by atoms with Gasteiger partial charge in [0.15, 0.2) is 0 Å². The van der Waals surface area contributed by atoms with Gasteiger partial charge in [-0.2, -0.15) is 0 Å². The van der Waals surface area contributed by atoms with Gasteiger partial charge in [0.05, 0.1) is 0 Å². The monoisotopic (exact) mass is 340 g/mol. The van der Waals surface area contributed by atoms with E-state index in [1.807, 2.05) is 16.8 Å². The number of carbonyl (C=O) groups excluding carboxylic acids is 1. The second-order valence-electron chi connectivity index (χ2n) is 6.12. The van der Waals surface area contributed by atoms with Gasteiger partial charge in [0.2, 0.25) is 0 Å². The van der Waals surface area contributed by atoms with Crippen LogP contribution in [0.3, 0.4) is 0 Å². The smallest absolute Gasteiger partial charge is 0.270 e. The number of nitrogens with zero attached hydrogens (tertiary/aromatic N) is 2. The molecule has 4 heteroatoms. The molecule has 1 fully saturated rings. The first-order valence-corrected chi connectivity index (χ1v) is 8.48. The van der Waals surface area contributed by atoms with Gasteiger partial charge in [-0.15, -0.1) is 0 Å². The zero-order valence-corrected chi connectivity index (χ0v) is 14.3. The SMILES string of the molecule is CCn1cc(Br)cc1C(=O)N(CC(C)C)C1CCCC1. The fourth-order valence-electron chi connectivity index (χ4n) is 3.07. The Hall–Kier alpha value is -0.770. The maximum atomic E-state index is 12.9. The number of amides is 1. The molecule has 1 aliphatic carbocycles. The van der Waals surface area contributed by atoms with Gasteiger partial charge in [-0.25, -0.2) is 0 Å². The third kappa shape index (κ3) is 3.46. The maximum absolute atomic E-state index is 12.9. The summed E-state index contributed by atoms with van der Waals surface area (Å²) >= 11 is 3.48. The first-order chi connectivity index (χ1) is 9.52. The Bertz CT molecular complexity index is 461. The first-order valence-electron chi connectivity index (χ1n) is 7.69. The Kier molecular flexibility index (Phi) is 5.30. The van der Waals surface area contributed by atoms with Crippen LogP contribution in [-0.2, 0) is 6.54 Å². The van der Waals surface area contributed by atoms with Crippen LogP contribution in [-0.4, -0.2) is 28.0 Å². The van der Waals surface area contributed by atoms with E-state index in [0.29, 0.717) is 12.0 Å². The molecule has 3 nitrogen and oxygen atoms in total. The summed E-state index contributed by atoms with van der Waals surface area (Å²) < 4.78 is 3.02. The Labute approximate surface area is 130 Å². The quantitative estimate of drug-likeness (QED) is 0.783. The third-order valence-corrected chi connectivity index (χ3v) is 4.44. The maximum Gasteiger partial charge on any atom is 0.270 e. The highest BCUT2D eigenvalue weighted by Crippen LogP contribution is 2.27. The van der Waals surface area contributed by atoms with E-state index in [1.165, 1.54) is 12.8 Å². The minimum atomic E-state index is 0.193. The van der Waals surface area contributed by atoms with Gasteiger partial charge < -0.3 is 9.47 Å². The van der Waals surface area contributed by atoms with Crippen molar-refractivity contribution in [1.82, 2.24) is 9.47 Å². The molecule has 1 aliphatic rings. The predicted octanol–water partition coefficient (Wildman–Crippen LogP) is 4.31. The van der Waals surface area contributed by atoms with Crippen LogP contribution in [0.1, 0.15) is 56.9 Å². The summed E-state index contributed by atoms with van der Waals surface area (Å²) in [7, 11) is 0. The first kappa shape index (κ1) is 15.6. The summed E-state index contributed by atoms with van der Waals surface area (Å²) in [5.74, 6) is 0.700. The number of halogens is 1. The summed E-state index contributed by atoms with van der Waals surface area (Å²) in [6.07, 6.45) is 6.82. The molecule has 0 unspecified atom stereocenters. The molecule has 1 saturated carbocycles. The lowest BCUT2D eigenvalue weighted by Gasteiger charge is -2.31. The fraction of sp³-hybridized carbons (Fsp3) is 0.688. The molecule has 0 atom stereocenters. The molecule has 1 amide bonds. The molecule has 1 heterocycles. The topological polar surface area (TPSA) is 25.2 Å². The van der Waals surface area contributed by atoms with Crippen molar-refractivity contribution >= 4 is 21.8 Å². The molecule has 1 aromatic heterocycles. The molecule has 2 rings (SSSR count). The number of rotatable bonds is 5. The van der Waals surface area contributed by atoms with Gasteiger partial charge in [-0.1, -0.05) is 26.7 Å². The second-order valence-corrected chi connectivity index (χ2v) is 7.03. The highest BCUT2D eigenvalue weighted by atomic mass is 79.9. The summed E-state index contributed by atoms with van der Waals surface area (Å²) in [6.45, 7) is 8.13. The third-order valence-electron chi connectivity index (χ3n) is 4.01. The largest absolute Gasteiger partial charge is 0.343 e. The predicted molar refractivity (Wildman–Crippen MR) is 85.9 cm³/mol. The number of hydrogen-bond donors (Lipinski definition) is 0. The molecule has 0 N–H and O–H groups in total. The van der Waals surface area contributed by atoms with Crippen molar-refractivity contribution < 1.29 is 4.79 Å². The van der Waals surface area contributed by atoms with E-state index in [1.54, 1.807) is 0 Å². The zero-order valence-electron chi connectivity index (χ0n) is 12.7. The van der Waals surface area contributed by atoms with E-state index >= 15 is 0 Å². The summed E-state index contributed by atoms with van der Waals surface area (Å²) in [5, 5.41) is 0. The molecule has 0 radical (unpaired) electrons. The van der Waals surface area contributed by atoms with E-state index in [9.17, 15) is 4.79 Å². The molecule has 112 valence electrons. The van der Waals surface area contributed by atoms with E-state index in [0.717, 1.165) is 36.1 Å². The average Bonchev–Trinajstić information content (AvgIpc) is 3.03. The van der Waals surface area contributed by atoms with Crippen molar-refractivity contribution in [2.24, 2.45) is 5.92 Å². The van der Waals surface area contributed by atoms with Gasteiger partial charge in [0.1, 0.15) is 5.69 Å². The Morgan fingerprint density at radius 1 is 1.45 bits per heavy atom. The average molecular weight is 341 g/mol. The van der Waals surface area contributed by atoms with Crippen LogP contribution in [0.25, 0.3) is 0 Å². The van der Waals surface area contributed by atoms with Crippen molar-refractivity contribution in [1.29, 1.82) is 0 Å². The molecule has 0 saturated heterocycles. The highest BCUT2D eigenvalue weighted by Gasteiger charge is 2.29. The molecule has 1 aromatic rings. The highest BCUT2D eigenvalue weighted by molar-refractivity contribution is 9.10. The Balaban J connectivity index is 2.24. The number of aromatic nitrogens is 1. The van der Waals surface area contributed by atoms with Crippen LogP contribution in [0, 0.1) is 5.92 Å². The molecular weight excluding hydrogens is 316 g/mol. The van der Waals surface area contributed by atoms with Crippen molar-refractivity contribution in [2.45, 2.75) is 59.0 Å². The van der Waals surface area contributed by atoms with Crippen molar-refractivity contribution in [3.8, 4) is 0 Å². The van der Waals surface area contributed by atoms with Crippen LogP contribution < -0.4 is 0 Å². The number of aryl methyl sites for hydroxylation is 1. The molecule has 0 spiro atoms. The van der Waals surface area contributed by atoms with Gasteiger partial charge in [0, 0.05) is 29.8 Å². The summed E-state index contributed by atoms with van der Waals surface area (Å²) in [4.78, 5) is 15.1. The van der Waals surface area contributed by atoms with Gasteiger partial charge in [0.25, 0.3) is 5.91 Å². The fourth-order valence-corrected chi connectivity index (χ4v) is 3.53. The molecule has 0 aromatic carbocycles. The van der Waals surface area contributed by atoms with Crippen LogP contribution in [0.15, 0.2) is 16.7 Å². The zero-order chi connectivity index (χ0) is 14.7. The van der Waals surface area contributed by atoms with Crippen molar-refractivity contribution in [3.63, 3.8) is 0 Å². The summed E-state index contributed by atoms with van der Waals surface area (Å²) in [5.41, 5.74) is 0.812. The van der Waals surface area contributed by atoms with E-state index in [2.05, 4.69) is 41.6 Å². The molecule has 0 bridgehead atoms. The van der Waals surface area contributed by atoms with E-state index < -0.39 is 0 Å². The van der Waals surface area contributed by atoms with Crippen LogP contribution in [0.2, 0.25) is 0 Å². The van der Waals surface area contributed by atoms with E-state index in [-0.39, 0.29) is 5.91 Å². The minimum Gasteiger partial charge on any atom is -0.343 e. The van der Waals surface area contributed by atoms with Crippen LogP contribution in [0.4, 0.5) is 0 Å². The molecular formula is C16H25BrN2O. The van der Waals surface area contributed by atoms with Crippen molar-refractivity contribution in [3.05, 3.63) is 22.4 Å². The Morgan fingerprint density at radius 3 is 2.65 bits per heavy atom. The second kappa shape index (κ2) is 6.79. The number of carbonyl (C=O) groups is 1. The Morgan fingerprint density at radius 2 is 2.10 bits per heavy atom. The van der Waals surface area contributed by atoms with Gasteiger partial charge >= 0.3 is 0 Å². The van der Waals surface area contributed by atoms with Gasteiger partial charge in [-0.3, -0.25) is 4.79 Å². The van der Waals surface area contributed by atoms with Crippen molar-refractivity contribution in [2.75, 3.05) is 6.54 Å². The normalized spacial score (nSPS) is 16.1. The lowest BCUT2D eigenvalue weighted by atomic mass is 10.1. The summed E-state index contributed by atoms with van der Waals surface area (Å²) in [6, 6.07) is 2.39. The lowest BCUT2D eigenvalue weighted by Crippen LogP contribution is -2.42. The minimum absolute atomic E-state index is 0.193. The van der Waals surface area contributed by atoms with Gasteiger partial charge in [-0.05, 0) is 47.7 Å². The standard InChI is InChI=1S/C16H25BrN2O/c1-4-18-11-13(17)9-15(18)16(20)19(10-12(2)3)14-7-5-6-8-14/h9,11-12,14H,4-8,10H2,1-3H3.